The average Bonchev–Trinajstić information content (AvgIpc) is 2.45. The Morgan fingerprint density at radius 3 is 2.75 bits per heavy atom. The molecule has 0 saturated carbocycles. The molecule has 1 aromatic rings. The van der Waals surface area contributed by atoms with Crippen LogP contribution in [0.3, 0.4) is 0 Å². The summed E-state index contributed by atoms with van der Waals surface area (Å²) < 4.78 is 0. The van der Waals surface area contributed by atoms with Gasteiger partial charge in [-0.25, -0.2) is 0 Å². The van der Waals surface area contributed by atoms with Crippen LogP contribution in [0.1, 0.15) is 48.2 Å². The summed E-state index contributed by atoms with van der Waals surface area (Å²) >= 11 is 0. The first-order chi connectivity index (χ1) is 9.51. The molecule has 1 amide bonds. The summed E-state index contributed by atoms with van der Waals surface area (Å²) in [6.07, 6.45) is 2.08. The number of hydrogen-bond acceptors (Lipinski definition) is 2. The number of carbonyl (C=O) groups is 1. The zero-order valence-corrected chi connectivity index (χ0v) is 12.9. The fourth-order valence-corrected chi connectivity index (χ4v) is 2.05. The lowest BCUT2D eigenvalue weighted by Crippen LogP contribution is -2.35. The molecule has 0 spiro atoms. The van der Waals surface area contributed by atoms with Gasteiger partial charge in [0, 0.05) is 24.2 Å². The number of aryl methyl sites for hydroxylation is 1. The normalized spacial score (nSPS) is 11.4. The van der Waals surface area contributed by atoms with Gasteiger partial charge in [0.25, 0.3) is 5.91 Å². The lowest BCUT2D eigenvalue weighted by Gasteiger charge is -2.24. The molecule has 20 heavy (non-hydrogen) atoms. The molecule has 0 fully saturated rings. The molecule has 0 aromatic heterocycles. The maximum atomic E-state index is 12.5. The van der Waals surface area contributed by atoms with E-state index in [1.54, 1.807) is 4.90 Å². The highest BCUT2D eigenvalue weighted by atomic mass is 16.2. The van der Waals surface area contributed by atoms with Crippen molar-refractivity contribution < 1.29 is 4.79 Å². The molecule has 0 saturated heterocycles. The van der Waals surface area contributed by atoms with Gasteiger partial charge >= 0.3 is 0 Å². The van der Waals surface area contributed by atoms with Gasteiger partial charge in [-0.2, -0.15) is 0 Å². The summed E-state index contributed by atoms with van der Waals surface area (Å²) in [7, 11) is 1.85. The Bertz CT molecular complexity index is 526. The SMILES string of the molecule is CCCC(C)N(C)C(=O)c1ccc(C)c(C#CCN)c1. The predicted octanol–water partition coefficient (Wildman–Crippen LogP) is 2.57. The Morgan fingerprint density at radius 2 is 2.15 bits per heavy atom. The summed E-state index contributed by atoms with van der Waals surface area (Å²) in [6.45, 7) is 6.51. The number of hydrogen-bond donors (Lipinski definition) is 1. The molecule has 1 rings (SSSR count). The minimum absolute atomic E-state index is 0.0433. The first kappa shape index (κ1) is 16.3. The Hall–Kier alpha value is -1.79. The van der Waals surface area contributed by atoms with E-state index in [4.69, 9.17) is 5.73 Å². The van der Waals surface area contributed by atoms with Crippen molar-refractivity contribution in [2.75, 3.05) is 13.6 Å². The van der Waals surface area contributed by atoms with E-state index in [9.17, 15) is 4.79 Å². The molecule has 3 heteroatoms. The van der Waals surface area contributed by atoms with E-state index in [1.165, 1.54) is 0 Å². The highest BCUT2D eigenvalue weighted by molar-refractivity contribution is 5.94. The summed E-state index contributed by atoms with van der Waals surface area (Å²) in [6, 6.07) is 5.90. The van der Waals surface area contributed by atoms with Crippen LogP contribution in [-0.4, -0.2) is 30.4 Å². The quantitative estimate of drug-likeness (QED) is 0.856. The average molecular weight is 272 g/mol. The Balaban J connectivity index is 2.99. The fraction of sp³-hybridized carbons (Fsp3) is 0.471. The second-order valence-corrected chi connectivity index (χ2v) is 5.09. The van der Waals surface area contributed by atoms with Crippen molar-refractivity contribution in [3.63, 3.8) is 0 Å². The third-order valence-electron chi connectivity index (χ3n) is 3.50. The summed E-state index contributed by atoms with van der Waals surface area (Å²) in [4.78, 5) is 14.3. The molecule has 1 aromatic carbocycles. The molecular weight excluding hydrogens is 248 g/mol. The van der Waals surface area contributed by atoms with Crippen molar-refractivity contribution >= 4 is 5.91 Å². The van der Waals surface area contributed by atoms with E-state index in [-0.39, 0.29) is 11.9 Å². The van der Waals surface area contributed by atoms with E-state index in [0.29, 0.717) is 12.1 Å². The Labute approximate surface area is 122 Å². The molecular formula is C17H24N2O. The highest BCUT2D eigenvalue weighted by Crippen LogP contribution is 2.14. The van der Waals surface area contributed by atoms with Gasteiger partial charge in [0.1, 0.15) is 0 Å². The van der Waals surface area contributed by atoms with E-state index in [1.807, 2.05) is 32.2 Å². The molecule has 0 radical (unpaired) electrons. The predicted molar refractivity (Wildman–Crippen MR) is 83.6 cm³/mol. The smallest absolute Gasteiger partial charge is 0.253 e. The van der Waals surface area contributed by atoms with Crippen LogP contribution in [0.2, 0.25) is 0 Å². The third kappa shape index (κ3) is 4.11. The maximum Gasteiger partial charge on any atom is 0.253 e. The van der Waals surface area contributed by atoms with Crippen molar-refractivity contribution in [3.05, 3.63) is 34.9 Å². The van der Waals surface area contributed by atoms with E-state index in [2.05, 4.69) is 25.7 Å². The summed E-state index contributed by atoms with van der Waals surface area (Å²) in [5, 5.41) is 0. The van der Waals surface area contributed by atoms with Crippen LogP contribution in [0.25, 0.3) is 0 Å². The first-order valence-corrected chi connectivity index (χ1v) is 7.08. The van der Waals surface area contributed by atoms with Gasteiger partial charge in [0.05, 0.1) is 6.54 Å². The summed E-state index contributed by atoms with van der Waals surface area (Å²) in [5.41, 5.74) is 8.01. The number of nitrogens with two attached hydrogens (primary N) is 1. The van der Waals surface area contributed by atoms with E-state index in [0.717, 1.165) is 24.0 Å². The van der Waals surface area contributed by atoms with E-state index >= 15 is 0 Å². The molecule has 1 atom stereocenters. The zero-order chi connectivity index (χ0) is 15.1. The lowest BCUT2D eigenvalue weighted by atomic mass is 10.0. The van der Waals surface area contributed by atoms with Crippen molar-refractivity contribution in [1.29, 1.82) is 0 Å². The van der Waals surface area contributed by atoms with Crippen LogP contribution in [0.4, 0.5) is 0 Å². The topological polar surface area (TPSA) is 46.3 Å². The zero-order valence-electron chi connectivity index (χ0n) is 12.9. The molecule has 0 aliphatic heterocycles. The van der Waals surface area contributed by atoms with Crippen LogP contribution in [0.15, 0.2) is 18.2 Å². The second-order valence-electron chi connectivity index (χ2n) is 5.09. The van der Waals surface area contributed by atoms with Gasteiger partial charge in [-0.15, -0.1) is 0 Å². The minimum atomic E-state index is 0.0433. The molecule has 0 aliphatic rings. The van der Waals surface area contributed by atoms with Crippen LogP contribution in [-0.2, 0) is 0 Å². The number of carbonyl (C=O) groups excluding carboxylic acids is 1. The molecule has 0 heterocycles. The lowest BCUT2D eigenvalue weighted by molar-refractivity contribution is 0.0736. The number of nitrogens with zero attached hydrogens (tertiary/aromatic N) is 1. The fourth-order valence-electron chi connectivity index (χ4n) is 2.05. The van der Waals surface area contributed by atoms with E-state index < -0.39 is 0 Å². The van der Waals surface area contributed by atoms with Crippen LogP contribution in [0.5, 0.6) is 0 Å². The third-order valence-corrected chi connectivity index (χ3v) is 3.50. The molecule has 3 nitrogen and oxygen atoms in total. The maximum absolute atomic E-state index is 12.5. The second kappa shape index (κ2) is 7.72. The first-order valence-electron chi connectivity index (χ1n) is 7.08. The van der Waals surface area contributed by atoms with Crippen molar-refractivity contribution in [1.82, 2.24) is 4.90 Å². The van der Waals surface area contributed by atoms with Gasteiger partial charge in [0.15, 0.2) is 0 Å². The van der Waals surface area contributed by atoms with Gasteiger partial charge in [0.2, 0.25) is 0 Å². The van der Waals surface area contributed by atoms with Gasteiger partial charge in [-0.1, -0.05) is 31.3 Å². The monoisotopic (exact) mass is 272 g/mol. The molecule has 2 N–H and O–H groups in total. The van der Waals surface area contributed by atoms with Crippen LogP contribution >= 0.6 is 0 Å². The van der Waals surface area contributed by atoms with Crippen molar-refractivity contribution in [2.45, 2.75) is 39.7 Å². The number of benzene rings is 1. The molecule has 108 valence electrons. The Kier molecular flexibility index (Phi) is 6.27. The van der Waals surface area contributed by atoms with Gasteiger partial charge in [-0.3, -0.25) is 4.79 Å². The molecule has 1 unspecified atom stereocenters. The van der Waals surface area contributed by atoms with Crippen LogP contribution < -0.4 is 5.73 Å². The largest absolute Gasteiger partial charge is 0.339 e. The Morgan fingerprint density at radius 1 is 1.45 bits per heavy atom. The number of amides is 1. The summed E-state index contributed by atoms with van der Waals surface area (Å²) in [5.74, 6) is 5.90. The van der Waals surface area contributed by atoms with Crippen molar-refractivity contribution in [2.24, 2.45) is 5.73 Å². The molecule has 0 bridgehead atoms. The number of rotatable bonds is 4. The van der Waals surface area contributed by atoms with Gasteiger partial charge < -0.3 is 10.6 Å². The van der Waals surface area contributed by atoms with Gasteiger partial charge in [-0.05, 0) is 38.0 Å². The van der Waals surface area contributed by atoms with Crippen LogP contribution in [0, 0.1) is 18.8 Å². The van der Waals surface area contributed by atoms with Crippen molar-refractivity contribution in [3.8, 4) is 11.8 Å². The highest BCUT2D eigenvalue weighted by Gasteiger charge is 2.17. The minimum Gasteiger partial charge on any atom is -0.339 e. The molecule has 0 aliphatic carbocycles. The standard InChI is InChI=1S/C17H24N2O/c1-5-7-14(3)19(4)17(20)16-10-9-13(2)15(12-16)8-6-11-18/h9-10,12,14H,5,7,11,18H2,1-4H3.